The predicted molar refractivity (Wildman–Crippen MR) is 208 cm³/mol. The van der Waals surface area contributed by atoms with E-state index in [2.05, 4.69) is 133 Å². The first kappa shape index (κ1) is 28.0. The summed E-state index contributed by atoms with van der Waals surface area (Å²) in [5, 5.41) is 6.96. The van der Waals surface area contributed by atoms with Crippen molar-refractivity contribution in [2.45, 2.75) is 0 Å². The Hall–Kier alpha value is -6.91. The van der Waals surface area contributed by atoms with Gasteiger partial charge in [-0.2, -0.15) is 0 Å². The molecule has 4 heteroatoms. The standard InChI is InChI=1S/C47H27N3O/c1-2-11-31(12-3-1)45-48-46(32-23-20-29(21-24-32)34-25-22-28-10-4-5-13-33(28)26-34)50-47(49-45)44-42-37-18-9-15-30-14-8-17-35(41(30)37)38(42)27-40-43(44)36-16-6-7-19-39(36)51-40/h1-27H. The van der Waals surface area contributed by atoms with Gasteiger partial charge in [-0.25, -0.2) is 15.0 Å². The number of benzene rings is 8. The van der Waals surface area contributed by atoms with Crippen LogP contribution in [0.3, 0.4) is 0 Å². The number of fused-ring (bicyclic) bond motifs is 7. The maximum atomic E-state index is 6.58. The summed E-state index contributed by atoms with van der Waals surface area (Å²) >= 11 is 0. The largest absolute Gasteiger partial charge is 0.456 e. The fourth-order valence-corrected chi connectivity index (χ4v) is 7.89. The van der Waals surface area contributed by atoms with Gasteiger partial charge < -0.3 is 4.42 Å². The normalized spacial score (nSPS) is 11.9. The molecule has 0 saturated heterocycles. The second-order valence-electron chi connectivity index (χ2n) is 13.2. The minimum atomic E-state index is 0.621. The first-order valence-electron chi connectivity index (χ1n) is 17.2. The lowest BCUT2D eigenvalue weighted by atomic mass is 9.93. The molecule has 236 valence electrons. The van der Waals surface area contributed by atoms with Crippen LogP contribution in [0.1, 0.15) is 0 Å². The molecule has 0 fully saturated rings. The Bertz CT molecular complexity index is 3010. The molecule has 51 heavy (non-hydrogen) atoms. The number of hydrogen-bond donors (Lipinski definition) is 0. The minimum absolute atomic E-state index is 0.621. The van der Waals surface area contributed by atoms with Crippen LogP contribution in [0.4, 0.5) is 0 Å². The van der Waals surface area contributed by atoms with Crippen LogP contribution in [-0.4, -0.2) is 15.0 Å². The molecular formula is C47H27N3O. The molecule has 0 spiro atoms. The summed E-state index contributed by atoms with van der Waals surface area (Å²) in [5.41, 5.74) is 11.4. The molecule has 0 bridgehead atoms. The van der Waals surface area contributed by atoms with Gasteiger partial charge in [0.2, 0.25) is 0 Å². The second-order valence-corrected chi connectivity index (χ2v) is 13.2. The van der Waals surface area contributed by atoms with Crippen LogP contribution >= 0.6 is 0 Å². The SMILES string of the molecule is c1ccc(-c2nc(-c3ccc(-c4ccc5ccccc5c4)cc3)nc(-c3c4c(cc5oc6ccccc6c35)-c3cccc5cccc-4c35)n2)cc1. The Kier molecular flexibility index (Phi) is 5.92. The van der Waals surface area contributed by atoms with Gasteiger partial charge >= 0.3 is 0 Å². The van der Waals surface area contributed by atoms with E-state index in [0.29, 0.717) is 17.5 Å². The topological polar surface area (TPSA) is 51.8 Å². The third-order valence-electron chi connectivity index (χ3n) is 10.2. The molecule has 11 rings (SSSR count). The van der Waals surface area contributed by atoms with Crippen molar-refractivity contribution in [2.75, 3.05) is 0 Å². The predicted octanol–water partition coefficient (Wildman–Crippen LogP) is 12.4. The molecule has 1 aliphatic carbocycles. The van der Waals surface area contributed by atoms with Gasteiger partial charge in [-0.1, -0.05) is 146 Å². The third-order valence-corrected chi connectivity index (χ3v) is 10.2. The Balaban J connectivity index is 1.17. The molecule has 0 atom stereocenters. The zero-order valence-electron chi connectivity index (χ0n) is 27.3. The number of rotatable bonds is 4. The van der Waals surface area contributed by atoms with Crippen molar-refractivity contribution in [1.29, 1.82) is 0 Å². The molecule has 0 saturated carbocycles. The summed E-state index contributed by atoms with van der Waals surface area (Å²) in [5.74, 6) is 1.87. The van der Waals surface area contributed by atoms with E-state index in [1.165, 1.54) is 38.2 Å². The third kappa shape index (κ3) is 4.30. The van der Waals surface area contributed by atoms with E-state index in [9.17, 15) is 0 Å². The van der Waals surface area contributed by atoms with E-state index < -0.39 is 0 Å². The quantitative estimate of drug-likeness (QED) is 0.190. The molecule has 0 aliphatic heterocycles. The van der Waals surface area contributed by atoms with E-state index in [1.54, 1.807) is 0 Å². The summed E-state index contributed by atoms with van der Waals surface area (Å²) in [4.78, 5) is 15.7. The van der Waals surface area contributed by atoms with Crippen LogP contribution in [0.5, 0.6) is 0 Å². The van der Waals surface area contributed by atoms with Crippen molar-refractivity contribution in [3.05, 3.63) is 164 Å². The maximum absolute atomic E-state index is 6.58. The van der Waals surface area contributed by atoms with Crippen molar-refractivity contribution < 1.29 is 4.42 Å². The maximum Gasteiger partial charge on any atom is 0.165 e. The van der Waals surface area contributed by atoms with E-state index in [-0.39, 0.29) is 0 Å². The molecule has 2 aromatic heterocycles. The molecule has 2 heterocycles. The highest BCUT2D eigenvalue weighted by Crippen LogP contribution is 2.54. The first-order chi connectivity index (χ1) is 25.3. The number of hydrogen-bond acceptors (Lipinski definition) is 4. The van der Waals surface area contributed by atoms with Gasteiger partial charge in [-0.15, -0.1) is 0 Å². The van der Waals surface area contributed by atoms with E-state index in [1.807, 2.05) is 30.3 Å². The highest BCUT2D eigenvalue weighted by molar-refractivity contribution is 6.25. The fourth-order valence-electron chi connectivity index (χ4n) is 7.89. The highest BCUT2D eigenvalue weighted by atomic mass is 16.3. The summed E-state index contributed by atoms with van der Waals surface area (Å²) in [6.45, 7) is 0. The van der Waals surface area contributed by atoms with Crippen LogP contribution in [0.15, 0.2) is 168 Å². The molecule has 8 aromatic carbocycles. The molecule has 0 unspecified atom stereocenters. The summed E-state index contributed by atoms with van der Waals surface area (Å²) in [6, 6.07) is 57.3. The average Bonchev–Trinajstić information content (AvgIpc) is 3.73. The molecule has 0 radical (unpaired) electrons. The van der Waals surface area contributed by atoms with Gasteiger partial charge in [0.05, 0.1) is 0 Å². The van der Waals surface area contributed by atoms with E-state index in [0.717, 1.165) is 55.3 Å². The number of para-hydroxylation sites is 1. The molecule has 1 aliphatic rings. The van der Waals surface area contributed by atoms with Gasteiger partial charge in [0.25, 0.3) is 0 Å². The van der Waals surface area contributed by atoms with Gasteiger partial charge in [0.15, 0.2) is 17.5 Å². The Labute approximate surface area is 293 Å². The summed E-state index contributed by atoms with van der Waals surface area (Å²) < 4.78 is 6.58. The lowest BCUT2D eigenvalue weighted by Gasteiger charge is -2.14. The van der Waals surface area contributed by atoms with Gasteiger partial charge in [0, 0.05) is 33.0 Å². The van der Waals surface area contributed by atoms with Crippen LogP contribution in [-0.2, 0) is 0 Å². The second kappa shape index (κ2) is 10.8. The minimum Gasteiger partial charge on any atom is -0.456 e. The number of furan rings is 1. The van der Waals surface area contributed by atoms with Gasteiger partial charge in [-0.3, -0.25) is 0 Å². The number of nitrogens with zero attached hydrogens (tertiary/aromatic N) is 3. The van der Waals surface area contributed by atoms with Crippen molar-refractivity contribution in [1.82, 2.24) is 15.0 Å². The molecule has 4 nitrogen and oxygen atoms in total. The summed E-state index contributed by atoms with van der Waals surface area (Å²) in [7, 11) is 0. The van der Waals surface area contributed by atoms with Crippen LogP contribution in [0.25, 0.3) is 111 Å². The van der Waals surface area contributed by atoms with Gasteiger partial charge in [-0.05, 0) is 67.6 Å². The Morgan fingerprint density at radius 3 is 1.78 bits per heavy atom. The molecule has 0 N–H and O–H groups in total. The Morgan fingerprint density at radius 1 is 0.333 bits per heavy atom. The average molecular weight is 650 g/mol. The van der Waals surface area contributed by atoms with Crippen molar-refractivity contribution in [2.24, 2.45) is 0 Å². The number of aromatic nitrogens is 3. The van der Waals surface area contributed by atoms with Gasteiger partial charge in [0.1, 0.15) is 11.2 Å². The lowest BCUT2D eigenvalue weighted by Crippen LogP contribution is -2.01. The van der Waals surface area contributed by atoms with Crippen LogP contribution < -0.4 is 0 Å². The van der Waals surface area contributed by atoms with Crippen LogP contribution in [0, 0.1) is 0 Å². The van der Waals surface area contributed by atoms with Crippen molar-refractivity contribution in [3.63, 3.8) is 0 Å². The van der Waals surface area contributed by atoms with Crippen LogP contribution in [0.2, 0.25) is 0 Å². The molecular weight excluding hydrogens is 623 g/mol. The van der Waals surface area contributed by atoms with Crippen molar-refractivity contribution in [3.8, 4) is 67.5 Å². The summed E-state index contributed by atoms with van der Waals surface area (Å²) in [6.07, 6.45) is 0. The zero-order valence-corrected chi connectivity index (χ0v) is 27.3. The smallest absolute Gasteiger partial charge is 0.165 e. The fraction of sp³-hybridized carbons (Fsp3) is 0. The van der Waals surface area contributed by atoms with E-state index in [4.69, 9.17) is 19.4 Å². The molecule has 0 amide bonds. The van der Waals surface area contributed by atoms with E-state index >= 15 is 0 Å². The lowest BCUT2D eigenvalue weighted by molar-refractivity contribution is 0.669. The van der Waals surface area contributed by atoms with Crippen molar-refractivity contribution >= 4 is 43.5 Å². The first-order valence-corrected chi connectivity index (χ1v) is 17.2. The molecule has 10 aromatic rings. The Morgan fingerprint density at radius 2 is 0.961 bits per heavy atom. The monoisotopic (exact) mass is 649 g/mol. The zero-order chi connectivity index (χ0) is 33.5. The highest BCUT2D eigenvalue weighted by Gasteiger charge is 2.30.